The van der Waals surface area contributed by atoms with Crippen molar-refractivity contribution in [2.45, 2.75) is 44.8 Å². The Morgan fingerprint density at radius 1 is 1.36 bits per heavy atom. The molecule has 0 unspecified atom stereocenters. The number of carbonyl (C=O) groups excluding carboxylic acids is 1. The van der Waals surface area contributed by atoms with Gasteiger partial charge in [0.2, 0.25) is 0 Å². The van der Waals surface area contributed by atoms with Gasteiger partial charge in [0.1, 0.15) is 5.69 Å². The summed E-state index contributed by atoms with van der Waals surface area (Å²) < 4.78 is 44.8. The highest BCUT2D eigenvalue weighted by Gasteiger charge is 2.38. The van der Waals surface area contributed by atoms with Gasteiger partial charge in [0, 0.05) is 25.7 Å². The van der Waals surface area contributed by atoms with Crippen molar-refractivity contribution in [1.82, 2.24) is 19.8 Å². The third-order valence-corrected chi connectivity index (χ3v) is 4.37. The van der Waals surface area contributed by atoms with Crippen LogP contribution < -0.4 is 0 Å². The fourth-order valence-corrected chi connectivity index (χ4v) is 2.99. The molecule has 1 saturated heterocycles. The lowest BCUT2D eigenvalue weighted by atomic mass is 10.1. The molecule has 3 rings (SSSR count). The number of halogens is 3. The second-order valence-corrected chi connectivity index (χ2v) is 6.50. The molecule has 3 heterocycles. The summed E-state index contributed by atoms with van der Waals surface area (Å²) in [6.07, 6.45) is -3.15. The molecule has 1 amide bonds. The van der Waals surface area contributed by atoms with Crippen molar-refractivity contribution in [2.24, 2.45) is 7.05 Å². The average Bonchev–Trinajstić information content (AvgIpc) is 3.24. The van der Waals surface area contributed by atoms with Crippen LogP contribution in [0.2, 0.25) is 0 Å². The normalized spacial score (nSPS) is 18.4. The molecule has 0 N–H and O–H groups in total. The average molecular weight is 356 g/mol. The molecule has 6 nitrogen and oxygen atoms in total. The summed E-state index contributed by atoms with van der Waals surface area (Å²) >= 11 is 0. The van der Waals surface area contributed by atoms with E-state index < -0.39 is 17.8 Å². The van der Waals surface area contributed by atoms with Crippen LogP contribution >= 0.6 is 0 Å². The number of hydrogen-bond donors (Lipinski definition) is 0. The van der Waals surface area contributed by atoms with Gasteiger partial charge in [-0.1, -0.05) is 19.0 Å². The minimum atomic E-state index is -4.59. The summed E-state index contributed by atoms with van der Waals surface area (Å²) in [4.78, 5) is 14.3. The molecule has 2 aromatic rings. The van der Waals surface area contributed by atoms with E-state index in [1.165, 1.54) is 11.9 Å². The molecule has 1 fully saturated rings. The minimum absolute atomic E-state index is 0.0946. The summed E-state index contributed by atoms with van der Waals surface area (Å²) in [5.41, 5.74) is -0.382. The second kappa shape index (κ2) is 6.20. The molecule has 1 aliphatic rings. The van der Waals surface area contributed by atoms with Crippen molar-refractivity contribution in [2.75, 3.05) is 6.54 Å². The number of hydrogen-bond acceptors (Lipinski definition) is 4. The highest BCUT2D eigenvalue weighted by Crippen LogP contribution is 2.35. The van der Waals surface area contributed by atoms with Crippen molar-refractivity contribution >= 4 is 5.91 Å². The molecule has 0 spiro atoms. The number of carbonyl (C=O) groups is 1. The highest BCUT2D eigenvalue weighted by atomic mass is 19.4. The van der Waals surface area contributed by atoms with Crippen LogP contribution in [0.15, 0.2) is 16.7 Å². The van der Waals surface area contributed by atoms with Crippen LogP contribution in [0, 0.1) is 0 Å². The molecular formula is C16H19F3N4O2. The van der Waals surface area contributed by atoms with Gasteiger partial charge in [-0.15, -0.1) is 0 Å². The topological polar surface area (TPSA) is 64.2 Å². The first-order valence-electron chi connectivity index (χ1n) is 8.07. The first kappa shape index (κ1) is 17.5. The van der Waals surface area contributed by atoms with Gasteiger partial charge >= 0.3 is 6.18 Å². The number of aryl methyl sites for hydroxylation is 1. The van der Waals surface area contributed by atoms with Gasteiger partial charge in [-0.3, -0.25) is 9.48 Å². The van der Waals surface area contributed by atoms with Crippen molar-refractivity contribution < 1.29 is 22.5 Å². The lowest BCUT2D eigenvalue weighted by Crippen LogP contribution is -2.31. The van der Waals surface area contributed by atoms with E-state index in [-0.39, 0.29) is 17.7 Å². The smallest absolute Gasteiger partial charge is 0.359 e. The zero-order valence-electron chi connectivity index (χ0n) is 14.2. The number of nitrogens with zero attached hydrogens (tertiary/aromatic N) is 4. The van der Waals surface area contributed by atoms with Gasteiger partial charge in [-0.05, 0) is 18.8 Å². The first-order valence-corrected chi connectivity index (χ1v) is 8.07. The molecule has 2 aromatic heterocycles. The second-order valence-electron chi connectivity index (χ2n) is 6.50. The van der Waals surface area contributed by atoms with Crippen molar-refractivity contribution in [3.05, 3.63) is 35.0 Å². The van der Waals surface area contributed by atoms with E-state index in [1.807, 2.05) is 19.9 Å². The Labute approximate surface area is 142 Å². The molecule has 1 atom stereocenters. The molecule has 0 aromatic carbocycles. The van der Waals surface area contributed by atoms with Gasteiger partial charge in [0.15, 0.2) is 11.5 Å². The SMILES string of the molecule is CC(C)c1cc([C@@H]2CCCN2C(=O)c2cc(C(F)(F)F)nn2C)on1. The summed E-state index contributed by atoms with van der Waals surface area (Å²) in [5, 5.41) is 7.41. The van der Waals surface area contributed by atoms with Crippen molar-refractivity contribution in [3.8, 4) is 0 Å². The van der Waals surface area contributed by atoms with E-state index in [0.29, 0.717) is 18.7 Å². The maximum Gasteiger partial charge on any atom is 0.435 e. The third-order valence-electron chi connectivity index (χ3n) is 4.37. The molecule has 1 aliphatic heterocycles. The van der Waals surface area contributed by atoms with Crippen LogP contribution in [-0.4, -0.2) is 32.3 Å². The molecule has 9 heteroatoms. The molecule has 0 bridgehead atoms. The predicted molar refractivity (Wildman–Crippen MR) is 81.8 cm³/mol. The Balaban J connectivity index is 1.87. The maximum atomic E-state index is 12.8. The highest BCUT2D eigenvalue weighted by molar-refractivity contribution is 5.93. The maximum absolute atomic E-state index is 12.8. The Morgan fingerprint density at radius 3 is 2.64 bits per heavy atom. The van der Waals surface area contributed by atoms with Crippen LogP contribution in [-0.2, 0) is 13.2 Å². The summed E-state index contributed by atoms with van der Waals surface area (Å²) in [5.74, 6) is 0.262. The lowest BCUT2D eigenvalue weighted by Gasteiger charge is -2.22. The minimum Gasteiger partial charge on any atom is -0.359 e. The van der Waals surface area contributed by atoms with Crippen LogP contribution in [0.4, 0.5) is 13.2 Å². The van der Waals surface area contributed by atoms with E-state index in [2.05, 4.69) is 10.3 Å². The lowest BCUT2D eigenvalue weighted by molar-refractivity contribution is -0.141. The van der Waals surface area contributed by atoms with E-state index in [4.69, 9.17) is 4.52 Å². The summed E-state index contributed by atoms with van der Waals surface area (Å²) in [6, 6.07) is 2.28. The van der Waals surface area contributed by atoms with E-state index >= 15 is 0 Å². The van der Waals surface area contributed by atoms with E-state index in [0.717, 1.165) is 22.9 Å². The van der Waals surface area contributed by atoms with E-state index in [1.54, 1.807) is 0 Å². The molecule has 25 heavy (non-hydrogen) atoms. The summed E-state index contributed by atoms with van der Waals surface area (Å²) in [7, 11) is 1.33. The van der Waals surface area contributed by atoms with Crippen LogP contribution in [0.1, 0.15) is 66.3 Å². The fourth-order valence-electron chi connectivity index (χ4n) is 2.99. The zero-order valence-corrected chi connectivity index (χ0v) is 14.2. The first-order chi connectivity index (χ1) is 11.7. The molecular weight excluding hydrogens is 337 g/mol. The largest absolute Gasteiger partial charge is 0.435 e. The molecule has 0 saturated carbocycles. The quantitative estimate of drug-likeness (QED) is 0.844. The van der Waals surface area contributed by atoms with Crippen LogP contribution in [0.5, 0.6) is 0 Å². The van der Waals surface area contributed by atoms with Crippen molar-refractivity contribution in [1.29, 1.82) is 0 Å². The number of aromatic nitrogens is 3. The molecule has 136 valence electrons. The number of rotatable bonds is 3. The predicted octanol–water partition coefficient (Wildman–Crippen LogP) is 3.53. The molecule has 0 radical (unpaired) electrons. The van der Waals surface area contributed by atoms with Gasteiger partial charge in [0.05, 0.1) is 11.7 Å². The number of alkyl halides is 3. The Kier molecular flexibility index (Phi) is 4.34. The van der Waals surface area contributed by atoms with Gasteiger partial charge in [0.25, 0.3) is 5.91 Å². The molecule has 0 aliphatic carbocycles. The zero-order chi connectivity index (χ0) is 18.4. The summed E-state index contributed by atoms with van der Waals surface area (Å²) in [6.45, 7) is 4.41. The van der Waals surface area contributed by atoms with Gasteiger partial charge in [-0.2, -0.15) is 18.3 Å². The Hall–Kier alpha value is -2.32. The van der Waals surface area contributed by atoms with Gasteiger partial charge < -0.3 is 9.42 Å². The monoisotopic (exact) mass is 356 g/mol. The number of amides is 1. The van der Waals surface area contributed by atoms with Crippen LogP contribution in [0.3, 0.4) is 0 Å². The van der Waals surface area contributed by atoms with Crippen molar-refractivity contribution in [3.63, 3.8) is 0 Å². The van der Waals surface area contributed by atoms with Gasteiger partial charge in [-0.25, -0.2) is 0 Å². The van der Waals surface area contributed by atoms with E-state index in [9.17, 15) is 18.0 Å². The van der Waals surface area contributed by atoms with Crippen LogP contribution in [0.25, 0.3) is 0 Å². The Morgan fingerprint density at radius 2 is 2.08 bits per heavy atom. The fraction of sp³-hybridized carbons (Fsp3) is 0.562. The third kappa shape index (κ3) is 3.27. The number of likely N-dealkylation sites (tertiary alicyclic amines) is 1. The standard InChI is InChI=1S/C16H19F3N4O2/c1-9(2)10-7-13(25-21-10)11-5-4-6-23(11)15(24)12-8-14(16(17,18)19)20-22(12)3/h7-9,11H,4-6H2,1-3H3/t11-/m0/s1. The Bertz CT molecular complexity index is 779.